The molecule has 0 saturated heterocycles. The molecule has 1 heterocycles. The van der Waals surface area contributed by atoms with E-state index in [9.17, 15) is 0 Å². The number of aryl methyl sites for hydroxylation is 2. The number of thiazole rings is 1. The Kier molecular flexibility index (Phi) is 9.26. The van der Waals surface area contributed by atoms with Gasteiger partial charge in [0.1, 0.15) is 0 Å². The van der Waals surface area contributed by atoms with E-state index >= 15 is 0 Å². The van der Waals surface area contributed by atoms with Gasteiger partial charge in [-0.2, -0.15) is 0 Å². The van der Waals surface area contributed by atoms with Crippen LogP contribution in [-0.4, -0.2) is 43.3 Å². The molecular weight excluding hydrogens is 332 g/mol. The number of aliphatic imine (C=N–C) groups is 1. The maximum absolute atomic E-state index is 5.96. The third kappa shape index (κ3) is 7.74. The zero-order valence-electron chi connectivity index (χ0n) is 16.1. The third-order valence-corrected chi connectivity index (χ3v) is 5.60. The molecule has 0 atom stereocenters. The molecule has 1 fully saturated rings. The largest absolute Gasteiger partial charge is 0.378 e. The Morgan fingerprint density at radius 1 is 1.24 bits per heavy atom. The Morgan fingerprint density at radius 3 is 2.72 bits per heavy atom. The molecule has 1 aromatic rings. The SMILES string of the molecule is CCNC(=NCCCOC1CCCCC1)NCCc1sc(C)nc1C. The Labute approximate surface area is 156 Å². The molecule has 0 spiro atoms. The lowest BCUT2D eigenvalue weighted by Gasteiger charge is -2.21. The molecule has 0 aromatic carbocycles. The predicted octanol–water partition coefficient (Wildman–Crippen LogP) is 3.60. The van der Waals surface area contributed by atoms with E-state index in [1.54, 1.807) is 11.3 Å². The first kappa shape index (κ1) is 20.2. The smallest absolute Gasteiger partial charge is 0.191 e. The van der Waals surface area contributed by atoms with Gasteiger partial charge < -0.3 is 15.4 Å². The van der Waals surface area contributed by atoms with E-state index in [2.05, 4.69) is 41.4 Å². The molecule has 2 N–H and O–H groups in total. The van der Waals surface area contributed by atoms with Crippen molar-refractivity contribution in [2.24, 2.45) is 4.99 Å². The van der Waals surface area contributed by atoms with Gasteiger partial charge in [-0.3, -0.25) is 4.99 Å². The maximum atomic E-state index is 5.96. The van der Waals surface area contributed by atoms with Crippen molar-refractivity contribution in [3.8, 4) is 0 Å². The molecule has 142 valence electrons. The second kappa shape index (κ2) is 11.5. The van der Waals surface area contributed by atoms with E-state index in [0.29, 0.717) is 6.10 Å². The Bertz CT molecular complexity index is 523. The van der Waals surface area contributed by atoms with E-state index in [4.69, 9.17) is 4.74 Å². The number of ether oxygens (including phenoxy) is 1. The van der Waals surface area contributed by atoms with Gasteiger partial charge in [-0.05, 0) is 40.0 Å². The average Bonchev–Trinajstić information content (AvgIpc) is 2.93. The molecule has 0 amide bonds. The van der Waals surface area contributed by atoms with Gasteiger partial charge in [0.05, 0.1) is 16.8 Å². The molecular formula is C19H34N4OS. The monoisotopic (exact) mass is 366 g/mol. The fraction of sp³-hybridized carbons (Fsp3) is 0.789. The second-order valence-corrected chi connectivity index (χ2v) is 7.95. The van der Waals surface area contributed by atoms with Gasteiger partial charge >= 0.3 is 0 Å². The zero-order chi connectivity index (χ0) is 17.9. The van der Waals surface area contributed by atoms with E-state index < -0.39 is 0 Å². The lowest BCUT2D eigenvalue weighted by Crippen LogP contribution is -2.38. The number of rotatable bonds is 9. The Morgan fingerprint density at radius 2 is 2.04 bits per heavy atom. The van der Waals surface area contributed by atoms with E-state index in [0.717, 1.165) is 55.7 Å². The molecule has 0 unspecified atom stereocenters. The minimum absolute atomic E-state index is 0.496. The molecule has 0 radical (unpaired) electrons. The average molecular weight is 367 g/mol. The standard InChI is InChI=1S/C19H34N4OS/c1-4-20-19(22-13-11-18-15(2)23-16(3)25-18)21-12-8-14-24-17-9-6-5-7-10-17/h17H,4-14H2,1-3H3,(H2,20,21,22). The molecule has 2 rings (SSSR count). The number of hydrogen-bond donors (Lipinski definition) is 2. The fourth-order valence-corrected chi connectivity index (χ4v) is 4.12. The minimum Gasteiger partial charge on any atom is -0.378 e. The van der Waals surface area contributed by atoms with Crippen molar-refractivity contribution in [3.05, 3.63) is 15.6 Å². The molecule has 1 aliphatic carbocycles. The van der Waals surface area contributed by atoms with Crippen LogP contribution in [0.1, 0.15) is 61.0 Å². The lowest BCUT2D eigenvalue weighted by atomic mass is 9.98. The van der Waals surface area contributed by atoms with Gasteiger partial charge in [-0.25, -0.2) is 4.98 Å². The maximum Gasteiger partial charge on any atom is 0.191 e. The highest BCUT2D eigenvalue weighted by molar-refractivity contribution is 7.11. The normalized spacial score (nSPS) is 16.2. The molecule has 1 aliphatic rings. The predicted molar refractivity (Wildman–Crippen MR) is 107 cm³/mol. The van der Waals surface area contributed by atoms with E-state index in [1.807, 2.05) is 0 Å². The van der Waals surface area contributed by atoms with Gasteiger partial charge in [-0.1, -0.05) is 19.3 Å². The summed E-state index contributed by atoms with van der Waals surface area (Å²) in [6.07, 6.45) is 8.99. The van der Waals surface area contributed by atoms with Crippen LogP contribution in [0.3, 0.4) is 0 Å². The summed E-state index contributed by atoms with van der Waals surface area (Å²) in [5, 5.41) is 7.88. The summed E-state index contributed by atoms with van der Waals surface area (Å²) in [4.78, 5) is 10.5. The number of aromatic nitrogens is 1. The number of nitrogens with one attached hydrogen (secondary N) is 2. The molecule has 25 heavy (non-hydrogen) atoms. The summed E-state index contributed by atoms with van der Waals surface area (Å²) in [5.41, 5.74) is 1.16. The topological polar surface area (TPSA) is 58.5 Å². The second-order valence-electron chi connectivity index (χ2n) is 6.66. The highest BCUT2D eigenvalue weighted by Crippen LogP contribution is 2.20. The summed E-state index contributed by atoms with van der Waals surface area (Å²) in [6.45, 7) is 9.64. The third-order valence-electron chi connectivity index (χ3n) is 4.47. The van der Waals surface area contributed by atoms with Crippen LogP contribution in [0.15, 0.2) is 4.99 Å². The fourth-order valence-electron chi connectivity index (χ4n) is 3.18. The number of nitrogens with zero attached hydrogens (tertiary/aromatic N) is 2. The van der Waals surface area contributed by atoms with E-state index in [-0.39, 0.29) is 0 Å². The van der Waals surface area contributed by atoms with Crippen LogP contribution in [0.5, 0.6) is 0 Å². The number of guanidine groups is 1. The quantitative estimate of drug-likeness (QED) is 0.398. The van der Waals surface area contributed by atoms with Crippen molar-refractivity contribution in [2.45, 2.75) is 71.8 Å². The van der Waals surface area contributed by atoms with Crippen LogP contribution in [0.4, 0.5) is 0 Å². The van der Waals surface area contributed by atoms with Crippen LogP contribution in [0, 0.1) is 13.8 Å². The first-order valence-corrected chi connectivity index (χ1v) is 10.6. The first-order chi connectivity index (χ1) is 12.2. The Hall–Kier alpha value is -1.14. The van der Waals surface area contributed by atoms with Gasteiger partial charge in [-0.15, -0.1) is 11.3 Å². The van der Waals surface area contributed by atoms with Crippen molar-refractivity contribution in [1.82, 2.24) is 15.6 Å². The molecule has 6 heteroatoms. The van der Waals surface area contributed by atoms with Crippen molar-refractivity contribution >= 4 is 17.3 Å². The van der Waals surface area contributed by atoms with Crippen molar-refractivity contribution in [3.63, 3.8) is 0 Å². The summed E-state index contributed by atoms with van der Waals surface area (Å²) in [7, 11) is 0. The summed E-state index contributed by atoms with van der Waals surface area (Å²) < 4.78 is 5.96. The van der Waals surface area contributed by atoms with Crippen LogP contribution >= 0.6 is 11.3 Å². The van der Waals surface area contributed by atoms with Crippen LogP contribution in [0.25, 0.3) is 0 Å². The Balaban J connectivity index is 1.64. The molecule has 0 bridgehead atoms. The highest BCUT2D eigenvalue weighted by atomic mass is 32.1. The molecule has 1 saturated carbocycles. The van der Waals surface area contributed by atoms with E-state index in [1.165, 1.54) is 37.0 Å². The summed E-state index contributed by atoms with van der Waals surface area (Å²) in [5.74, 6) is 0.902. The summed E-state index contributed by atoms with van der Waals surface area (Å²) >= 11 is 1.79. The van der Waals surface area contributed by atoms with Crippen LogP contribution in [0.2, 0.25) is 0 Å². The van der Waals surface area contributed by atoms with Gasteiger partial charge in [0.15, 0.2) is 5.96 Å². The van der Waals surface area contributed by atoms with Crippen LogP contribution in [-0.2, 0) is 11.2 Å². The van der Waals surface area contributed by atoms with Crippen molar-refractivity contribution in [2.75, 3.05) is 26.2 Å². The highest BCUT2D eigenvalue weighted by Gasteiger charge is 2.12. The number of hydrogen-bond acceptors (Lipinski definition) is 4. The molecule has 5 nitrogen and oxygen atoms in total. The zero-order valence-corrected chi connectivity index (χ0v) is 16.9. The summed E-state index contributed by atoms with van der Waals surface area (Å²) in [6, 6.07) is 0. The first-order valence-electron chi connectivity index (χ1n) is 9.75. The van der Waals surface area contributed by atoms with Gasteiger partial charge in [0.25, 0.3) is 0 Å². The minimum atomic E-state index is 0.496. The lowest BCUT2D eigenvalue weighted by molar-refractivity contribution is 0.0281. The molecule has 0 aliphatic heterocycles. The van der Waals surface area contributed by atoms with Gasteiger partial charge in [0.2, 0.25) is 0 Å². The van der Waals surface area contributed by atoms with Crippen LogP contribution < -0.4 is 10.6 Å². The molecule has 1 aromatic heterocycles. The van der Waals surface area contributed by atoms with Gasteiger partial charge in [0, 0.05) is 37.5 Å². The van der Waals surface area contributed by atoms with Crippen molar-refractivity contribution in [1.29, 1.82) is 0 Å². The van der Waals surface area contributed by atoms with Crippen molar-refractivity contribution < 1.29 is 4.74 Å².